The maximum atomic E-state index is 12.8. The van der Waals surface area contributed by atoms with Crippen molar-refractivity contribution in [1.29, 1.82) is 0 Å². The Hall–Kier alpha value is -2.57. The number of rotatable bonds is 5. The highest BCUT2D eigenvalue weighted by molar-refractivity contribution is 6.04. The van der Waals surface area contributed by atoms with Gasteiger partial charge in [0.25, 0.3) is 11.8 Å². The van der Waals surface area contributed by atoms with Crippen LogP contribution in [-0.2, 0) is 9.59 Å². The minimum atomic E-state index is -1.01. The zero-order valence-electron chi connectivity index (χ0n) is 15.4. The summed E-state index contributed by atoms with van der Waals surface area (Å²) < 4.78 is 5.85. The number of anilines is 1. The van der Waals surface area contributed by atoms with Crippen LogP contribution in [0.25, 0.3) is 0 Å². The van der Waals surface area contributed by atoms with Crippen molar-refractivity contribution in [2.45, 2.75) is 40.2 Å². The van der Waals surface area contributed by atoms with Crippen LogP contribution in [0.4, 0.5) is 5.69 Å². The van der Waals surface area contributed by atoms with Crippen molar-refractivity contribution < 1.29 is 19.1 Å². The number of aryl methyl sites for hydroxylation is 1. The summed E-state index contributed by atoms with van der Waals surface area (Å²) >= 11 is 0. The molecule has 0 fully saturated rings. The summed E-state index contributed by atoms with van der Waals surface area (Å²) in [6, 6.07) is 3.45. The number of amides is 3. The molecule has 0 atom stereocenters. The van der Waals surface area contributed by atoms with E-state index in [4.69, 9.17) is 4.74 Å². The summed E-state index contributed by atoms with van der Waals surface area (Å²) in [5.41, 5.74) is 0.808. The SMILES string of the molecule is CCNC(=O)c1cc2c(cc1C)OC(C)(C)C(=O)N2CCNC(C)=O. The van der Waals surface area contributed by atoms with Crippen molar-refractivity contribution in [2.75, 3.05) is 24.5 Å². The number of hydrogen-bond acceptors (Lipinski definition) is 4. The molecule has 2 N–H and O–H groups in total. The fraction of sp³-hybridized carbons (Fsp3) is 0.500. The summed E-state index contributed by atoms with van der Waals surface area (Å²) in [5.74, 6) is -0.0111. The highest BCUT2D eigenvalue weighted by Crippen LogP contribution is 2.39. The first-order valence-electron chi connectivity index (χ1n) is 8.35. The second-order valence-electron chi connectivity index (χ2n) is 6.55. The van der Waals surface area contributed by atoms with Crippen molar-refractivity contribution in [2.24, 2.45) is 0 Å². The maximum Gasteiger partial charge on any atom is 0.270 e. The van der Waals surface area contributed by atoms with Crippen LogP contribution in [0.15, 0.2) is 12.1 Å². The molecule has 7 heteroatoms. The van der Waals surface area contributed by atoms with Gasteiger partial charge in [-0.2, -0.15) is 0 Å². The number of carbonyl (C=O) groups excluding carboxylic acids is 3. The molecule has 0 aromatic heterocycles. The molecule has 1 aliphatic heterocycles. The van der Waals surface area contributed by atoms with Gasteiger partial charge < -0.3 is 20.3 Å². The van der Waals surface area contributed by atoms with Gasteiger partial charge in [-0.1, -0.05) is 0 Å². The molecule has 2 rings (SSSR count). The molecular weight excluding hydrogens is 322 g/mol. The van der Waals surface area contributed by atoms with Gasteiger partial charge >= 0.3 is 0 Å². The Morgan fingerprint density at radius 1 is 1.24 bits per heavy atom. The van der Waals surface area contributed by atoms with Gasteiger partial charge in [-0.25, -0.2) is 0 Å². The number of carbonyl (C=O) groups is 3. The summed E-state index contributed by atoms with van der Waals surface area (Å²) in [4.78, 5) is 37.7. The van der Waals surface area contributed by atoms with Crippen LogP contribution in [-0.4, -0.2) is 43.0 Å². The molecule has 1 heterocycles. The first-order valence-corrected chi connectivity index (χ1v) is 8.35. The van der Waals surface area contributed by atoms with E-state index < -0.39 is 5.60 Å². The van der Waals surface area contributed by atoms with E-state index >= 15 is 0 Å². The lowest BCUT2D eigenvalue weighted by atomic mass is 10.00. The van der Waals surface area contributed by atoms with Gasteiger partial charge in [0.1, 0.15) is 5.75 Å². The van der Waals surface area contributed by atoms with E-state index in [0.717, 1.165) is 5.56 Å². The highest BCUT2D eigenvalue weighted by atomic mass is 16.5. The predicted molar refractivity (Wildman–Crippen MR) is 94.9 cm³/mol. The van der Waals surface area contributed by atoms with Crippen LogP contribution in [0.2, 0.25) is 0 Å². The van der Waals surface area contributed by atoms with E-state index in [1.54, 1.807) is 30.9 Å². The minimum absolute atomic E-state index is 0.160. The summed E-state index contributed by atoms with van der Waals surface area (Å²) in [5, 5.41) is 5.46. The smallest absolute Gasteiger partial charge is 0.270 e. The monoisotopic (exact) mass is 347 g/mol. The maximum absolute atomic E-state index is 12.8. The quantitative estimate of drug-likeness (QED) is 0.842. The largest absolute Gasteiger partial charge is 0.476 e. The average molecular weight is 347 g/mol. The van der Waals surface area contributed by atoms with Crippen LogP contribution in [0.5, 0.6) is 5.75 Å². The molecule has 3 amide bonds. The lowest BCUT2D eigenvalue weighted by molar-refractivity contribution is -0.132. The molecule has 25 heavy (non-hydrogen) atoms. The zero-order valence-corrected chi connectivity index (χ0v) is 15.4. The van der Waals surface area contributed by atoms with Crippen molar-refractivity contribution >= 4 is 23.4 Å². The van der Waals surface area contributed by atoms with E-state index in [-0.39, 0.29) is 17.7 Å². The minimum Gasteiger partial charge on any atom is -0.476 e. The predicted octanol–water partition coefficient (Wildman–Crippen LogP) is 1.38. The number of fused-ring (bicyclic) bond motifs is 1. The van der Waals surface area contributed by atoms with Crippen LogP contribution in [0, 0.1) is 6.92 Å². The summed E-state index contributed by atoms with van der Waals surface area (Å²) in [6.07, 6.45) is 0. The Morgan fingerprint density at radius 3 is 2.52 bits per heavy atom. The molecule has 0 aliphatic carbocycles. The van der Waals surface area contributed by atoms with Gasteiger partial charge in [0.15, 0.2) is 5.60 Å². The number of benzene rings is 1. The van der Waals surface area contributed by atoms with E-state index in [1.165, 1.54) is 6.92 Å². The molecule has 0 bridgehead atoms. The fourth-order valence-electron chi connectivity index (χ4n) is 2.78. The molecule has 1 aliphatic rings. The molecular formula is C18H25N3O4. The standard InChI is InChI=1S/C18H25N3O4/c1-6-19-16(23)13-10-14-15(9-11(13)2)25-18(4,5)17(24)21(14)8-7-20-12(3)22/h9-10H,6-8H2,1-5H3,(H,19,23)(H,20,22). The third-order valence-corrected chi connectivity index (χ3v) is 4.01. The Bertz CT molecular complexity index is 713. The molecule has 0 spiro atoms. The van der Waals surface area contributed by atoms with Crippen LogP contribution in [0.3, 0.4) is 0 Å². The lowest BCUT2D eigenvalue weighted by Gasteiger charge is -2.39. The van der Waals surface area contributed by atoms with Gasteiger partial charge in [-0.3, -0.25) is 14.4 Å². The van der Waals surface area contributed by atoms with Crippen LogP contribution in [0.1, 0.15) is 43.6 Å². The van der Waals surface area contributed by atoms with Crippen LogP contribution < -0.4 is 20.3 Å². The Kier molecular flexibility index (Phi) is 5.35. The second kappa shape index (κ2) is 7.13. The first kappa shape index (κ1) is 18.8. The lowest BCUT2D eigenvalue weighted by Crippen LogP contribution is -2.54. The Morgan fingerprint density at radius 2 is 1.92 bits per heavy atom. The zero-order chi connectivity index (χ0) is 18.8. The third kappa shape index (κ3) is 3.92. The van der Waals surface area contributed by atoms with Crippen LogP contribution >= 0.6 is 0 Å². The van der Waals surface area contributed by atoms with E-state index in [1.807, 2.05) is 13.8 Å². The van der Waals surface area contributed by atoms with Crippen molar-refractivity contribution in [1.82, 2.24) is 10.6 Å². The second-order valence-corrected chi connectivity index (χ2v) is 6.55. The van der Waals surface area contributed by atoms with Crippen molar-refractivity contribution in [3.63, 3.8) is 0 Å². The highest BCUT2D eigenvalue weighted by Gasteiger charge is 2.41. The third-order valence-electron chi connectivity index (χ3n) is 4.01. The fourth-order valence-corrected chi connectivity index (χ4v) is 2.78. The van der Waals surface area contributed by atoms with Gasteiger partial charge in [0, 0.05) is 32.1 Å². The van der Waals surface area contributed by atoms with Gasteiger partial charge in [0.2, 0.25) is 5.91 Å². The molecule has 0 saturated carbocycles. The van der Waals surface area contributed by atoms with Gasteiger partial charge in [-0.05, 0) is 45.4 Å². The van der Waals surface area contributed by atoms with Gasteiger partial charge in [0.05, 0.1) is 5.69 Å². The number of nitrogens with one attached hydrogen (secondary N) is 2. The molecule has 1 aromatic rings. The molecule has 136 valence electrons. The normalized spacial score (nSPS) is 15.2. The summed E-state index contributed by atoms with van der Waals surface area (Å²) in [6.45, 7) is 9.66. The Balaban J connectivity index is 2.43. The summed E-state index contributed by atoms with van der Waals surface area (Å²) in [7, 11) is 0. The average Bonchev–Trinajstić information content (AvgIpc) is 2.50. The Labute approximate surface area is 147 Å². The molecule has 1 aromatic carbocycles. The number of ether oxygens (including phenoxy) is 1. The molecule has 7 nitrogen and oxygen atoms in total. The van der Waals surface area contributed by atoms with Gasteiger partial charge in [-0.15, -0.1) is 0 Å². The van der Waals surface area contributed by atoms with Crippen molar-refractivity contribution in [3.8, 4) is 5.75 Å². The topological polar surface area (TPSA) is 87.7 Å². The molecule has 0 radical (unpaired) electrons. The van der Waals surface area contributed by atoms with E-state index in [9.17, 15) is 14.4 Å². The van der Waals surface area contributed by atoms with E-state index in [2.05, 4.69) is 10.6 Å². The molecule has 0 saturated heterocycles. The first-order chi connectivity index (χ1) is 11.7. The van der Waals surface area contributed by atoms with E-state index in [0.29, 0.717) is 36.6 Å². The van der Waals surface area contributed by atoms with Crippen molar-refractivity contribution in [3.05, 3.63) is 23.3 Å². The molecule has 0 unspecified atom stereocenters. The number of hydrogen-bond donors (Lipinski definition) is 2. The number of nitrogens with zero attached hydrogens (tertiary/aromatic N) is 1.